The van der Waals surface area contributed by atoms with E-state index in [9.17, 15) is 8.42 Å². The van der Waals surface area contributed by atoms with E-state index in [1.165, 1.54) is 0 Å². The highest BCUT2D eigenvalue weighted by Crippen LogP contribution is 2.38. The number of fused-ring (bicyclic) bond motifs is 1. The van der Waals surface area contributed by atoms with E-state index in [2.05, 4.69) is 13.8 Å². The van der Waals surface area contributed by atoms with Crippen LogP contribution in [0.25, 0.3) is 0 Å². The highest BCUT2D eigenvalue weighted by Gasteiger charge is 2.31. The van der Waals surface area contributed by atoms with Crippen LogP contribution in [0.2, 0.25) is 0 Å². The van der Waals surface area contributed by atoms with Gasteiger partial charge in [0.15, 0.2) is 0 Å². The van der Waals surface area contributed by atoms with E-state index in [0.29, 0.717) is 13.0 Å². The lowest BCUT2D eigenvalue weighted by Crippen LogP contribution is -2.18. The van der Waals surface area contributed by atoms with Crippen LogP contribution in [0.3, 0.4) is 0 Å². The van der Waals surface area contributed by atoms with E-state index in [0.717, 1.165) is 16.9 Å². The van der Waals surface area contributed by atoms with Crippen LogP contribution in [0, 0.1) is 0 Å². The van der Waals surface area contributed by atoms with Crippen LogP contribution in [0.1, 0.15) is 25.0 Å². The summed E-state index contributed by atoms with van der Waals surface area (Å²) in [6.45, 7) is 4.82. The average molecular weight is 256 g/mol. The average Bonchev–Trinajstić information content (AvgIpc) is 2.51. The molecule has 1 aliphatic rings. The maximum Gasteiger partial charge on any atom is 0.265 e. The van der Waals surface area contributed by atoms with Crippen molar-refractivity contribution < 1.29 is 17.7 Å². The quantitative estimate of drug-likeness (QED) is 0.837. The van der Waals surface area contributed by atoms with Gasteiger partial charge in [-0.1, -0.05) is 26.0 Å². The number of hydrogen-bond acceptors (Lipinski definition) is 3. The molecule has 1 heterocycles. The summed E-state index contributed by atoms with van der Waals surface area (Å²) < 4.78 is 35.7. The monoisotopic (exact) mass is 256 g/mol. The molecular weight excluding hydrogens is 240 g/mol. The Balaban J connectivity index is 2.23. The summed E-state index contributed by atoms with van der Waals surface area (Å²) in [5.74, 6) is 0.623. The van der Waals surface area contributed by atoms with Crippen LogP contribution < -0.4 is 4.74 Å². The van der Waals surface area contributed by atoms with Gasteiger partial charge in [-0.25, -0.2) is 0 Å². The fraction of sp³-hybridized carbons (Fsp3) is 0.500. The molecule has 0 saturated carbocycles. The lowest BCUT2D eigenvalue weighted by molar-refractivity contribution is 0.291. The van der Waals surface area contributed by atoms with Crippen molar-refractivity contribution in [2.75, 3.05) is 12.4 Å². The molecule has 1 N–H and O–H groups in total. The zero-order valence-corrected chi connectivity index (χ0v) is 10.8. The molecule has 0 atom stereocenters. The van der Waals surface area contributed by atoms with Gasteiger partial charge >= 0.3 is 0 Å². The van der Waals surface area contributed by atoms with Crippen LogP contribution in [-0.4, -0.2) is 25.3 Å². The van der Waals surface area contributed by atoms with Crippen molar-refractivity contribution in [3.05, 3.63) is 29.3 Å². The van der Waals surface area contributed by atoms with Crippen LogP contribution in [0.4, 0.5) is 0 Å². The summed E-state index contributed by atoms with van der Waals surface area (Å²) in [4.78, 5) is 0. The number of benzene rings is 1. The normalized spacial score (nSPS) is 17.6. The lowest BCUT2D eigenvalue weighted by atomic mass is 9.86. The third-order valence-corrected chi connectivity index (χ3v) is 3.73. The molecule has 0 fully saturated rings. The van der Waals surface area contributed by atoms with Crippen molar-refractivity contribution in [1.29, 1.82) is 0 Å². The predicted octanol–water partition coefficient (Wildman–Crippen LogP) is 1.79. The summed E-state index contributed by atoms with van der Waals surface area (Å²) in [7, 11) is -3.90. The van der Waals surface area contributed by atoms with Gasteiger partial charge in [-0.3, -0.25) is 4.55 Å². The second-order valence-electron chi connectivity index (χ2n) is 5.04. The number of rotatable bonds is 3. The van der Waals surface area contributed by atoms with E-state index in [-0.39, 0.29) is 11.2 Å². The Labute approximate surface area is 101 Å². The second kappa shape index (κ2) is 3.99. The Hall–Kier alpha value is -1.07. The molecule has 0 aromatic heterocycles. The first-order valence-corrected chi connectivity index (χ1v) is 7.10. The molecule has 17 heavy (non-hydrogen) atoms. The van der Waals surface area contributed by atoms with Gasteiger partial charge in [-0.05, 0) is 18.1 Å². The van der Waals surface area contributed by atoms with Gasteiger partial charge in [0.2, 0.25) is 0 Å². The van der Waals surface area contributed by atoms with Crippen LogP contribution in [0.15, 0.2) is 18.2 Å². The Morgan fingerprint density at radius 1 is 1.41 bits per heavy atom. The SMILES string of the molecule is CC1(C)COc2ccc(CCS(=O)(=O)O)cc21. The van der Waals surface area contributed by atoms with Crippen LogP contribution in [-0.2, 0) is 22.0 Å². The van der Waals surface area contributed by atoms with Gasteiger partial charge in [-0.2, -0.15) is 8.42 Å². The lowest BCUT2D eigenvalue weighted by Gasteiger charge is -2.15. The van der Waals surface area contributed by atoms with Crippen molar-refractivity contribution in [2.45, 2.75) is 25.7 Å². The van der Waals surface area contributed by atoms with Crippen molar-refractivity contribution in [2.24, 2.45) is 0 Å². The molecule has 5 heteroatoms. The molecule has 1 aromatic rings. The van der Waals surface area contributed by atoms with Crippen molar-refractivity contribution in [1.82, 2.24) is 0 Å². The van der Waals surface area contributed by atoms with E-state index >= 15 is 0 Å². The van der Waals surface area contributed by atoms with Crippen molar-refractivity contribution >= 4 is 10.1 Å². The summed E-state index contributed by atoms with van der Waals surface area (Å²) in [5, 5.41) is 0. The van der Waals surface area contributed by atoms with Gasteiger partial charge in [0.1, 0.15) is 5.75 Å². The number of aryl methyl sites for hydroxylation is 1. The van der Waals surface area contributed by atoms with E-state index in [1.807, 2.05) is 18.2 Å². The van der Waals surface area contributed by atoms with Crippen molar-refractivity contribution in [3.8, 4) is 5.75 Å². The summed E-state index contributed by atoms with van der Waals surface area (Å²) in [5.41, 5.74) is 1.97. The molecule has 0 spiro atoms. The predicted molar refractivity (Wildman–Crippen MR) is 65.1 cm³/mol. The first kappa shape index (κ1) is 12.4. The molecule has 0 unspecified atom stereocenters. The minimum absolute atomic E-state index is 0.0383. The van der Waals surface area contributed by atoms with Crippen LogP contribution >= 0.6 is 0 Å². The summed E-state index contributed by atoms with van der Waals surface area (Å²) in [6.07, 6.45) is 0.322. The molecule has 4 nitrogen and oxygen atoms in total. The van der Waals surface area contributed by atoms with Crippen molar-refractivity contribution in [3.63, 3.8) is 0 Å². The van der Waals surface area contributed by atoms with Gasteiger partial charge in [0.05, 0.1) is 12.4 Å². The van der Waals surface area contributed by atoms with Gasteiger partial charge in [0, 0.05) is 11.0 Å². The molecular formula is C12H16O4S. The summed E-state index contributed by atoms with van der Waals surface area (Å²) >= 11 is 0. The molecule has 2 rings (SSSR count). The van der Waals surface area contributed by atoms with E-state index in [1.54, 1.807) is 0 Å². The maximum absolute atomic E-state index is 10.7. The Morgan fingerprint density at radius 2 is 2.12 bits per heavy atom. The van der Waals surface area contributed by atoms with Gasteiger partial charge in [-0.15, -0.1) is 0 Å². The third kappa shape index (κ3) is 2.79. The van der Waals surface area contributed by atoms with Gasteiger partial charge < -0.3 is 4.74 Å². The fourth-order valence-corrected chi connectivity index (χ4v) is 2.46. The molecule has 1 aliphatic heterocycles. The Kier molecular flexibility index (Phi) is 2.91. The minimum Gasteiger partial charge on any atom is -0.492 e. The smallest absolute Gasteiger partial charge is 0.265 e. The highest BCUT2D eigenvalue weighted by atomic mass is 32.2. The third-order valence-electron chi connectivity index (χ3n) is 3.01. The van der Waals surface area contributed by atoms with Crippen LogP contribution in [0.5, 0.6) is 5.75 Å². The minimum atomic E-state index is -3.90. The summed E-state index contributed by atoms with van der Waals surface area (Å²) in [6, 6.07) is 5.67. The molecule has 0 bridgehead atoms. The Morgan fingerprint density at radius 3 is 2.76 bits per heavy atom. The number of hydrogen-bond donors (Lipinski definition) is 1. The molecule has 0 radical (unpaired) electrons. The van der Waals surface area contributed by atoms with Gasteiger partial charge in [0.25, 0.3) is 10.1 Å². The molecule has 0 amide bonds. The zero-order valence-electron chi connectivity index (χ0n) is 9.93. The highest BCUT2D eigenvalue weighted by molar-refractivity contribution is 7.85. The molecule has 1 aromatic carbocycles. The topological polar surface area (TPSA) is 63.6 Å². The first-order chi connectivity index (χ1) is 7.78. The molecule has 94 valence electrons. The van der Waals surface area contributed by atoms with E-state index < -0.39 is 10.1 Å². The zero-order chi connectivity index (χ0) is 12.7. The standard InChI is InChI=1S/C12H16O4S/c1-12(2)8-16-11-4-3-9(7-10(11)12)5-6-17(13,14)15/h3-4,7H,5-6,8H2,1-2H3,(H,13,14,15). The molecule has 0 aliphatic carbocycles. The molecule has 0 saturated heterocycles. The largest absolute Gasteiger partial charge is 0.492 e. The second-order valence-corrected chi connectivity index (χ2v) is 6.61. The van der Waals surface area contributed by atoms with E-state index in [4.69, 9.17) is 9.29 Å². The Bertz CT molecular complexity index is 531. The first-order valence-electron chi connectivity index (χ1n) is 5.49. The fourth-order valence-electron chi connectivity index (χ4n) is 1.97. The number of ether oxygens (including phenoxy) is 1. The maximum atomic E-state index is 10.7.